The van der Waals surface area contributed by atoms with Gasteiger partial charge >= 0.3 is 0 Å². The maximum atomic E-state index is 13.0. The van der Waals surface area contributed by atoms with E-state index in [1.807, 2.05) is 68.4 Å². The van der Waals surface area contributed by atoms with Crippen molar-refractivity contribution in [2.45, 2.75) is 26.8 Å². The normalized spacial score (nSPS) is 13.4. The Morgan fingerprint density at radius 1 is 1.03 bits per heavy atom. The molecule has 8 heteroatoms. The second-order valence-corrected chi connectivity index (χ2v) is 9.88. The molecule has 0 fully saturated rings. The highest BCUT2D eigenvalue weighted by atomic mass is 32.1. The molecule has 1 aliphatic rings. The number of nitrogen functional groups attached to an aromatic ring is 1. The first kappa shape index (κ1) is 23.0. The molecule has 4 N–H and O–H groups in total. The number of para-hydroxylation sites is 2. The van der Waals surface area contributed by atoms with Crippen molar-refractivity contribution in [1.82, 2.24) is 9.88 Å². The van der Waals surface area contributed by atoms with Crippen LogP contribution < -0.4 is 16.4 Å². The summed E-state index contributed by atoms with van der Waals surface area (Å²) in [4.78, 5) is 33.8. The first-order valence-corrected chi connectivity index (χ1v) is 12.4. The van der Waals surface area contributed by atoms with Crippen molar-refractivity contribution in [2.75, 3.05) is 29.5 Å². The van der Waals surface area contributed by atoms with Crippen molar-refractivity contribution < 1.29 is 9.59 Å². The lowest BCUT2D eigenvalue weighted by molar-refractivity contribution is -0.117. The Balaban J connectivity index is 1.32. The summed E-state index contributed by atoms with van der Waals surface area (Å²) in [7, 11) is 0. The number of anilines is 3. The second-order valence-electron chi connectivity index (χ2n) is 8.88. The van der Waals surface area contributed by atoms with Gasteiger partial charge in [0, 0.05) is 42.0 Å². The molecule has 2 aromatic heterocycles. The standard InChI is InChI=1S/C27H27N5O2S/c1-16-7-3-5-9-20(16)29-23(33)15-32-12-11-22-18(14-32)13-19-24(28)25(35-27(19)31-22)26(34)30-21-10-6-4-8-17(21)2/h3-10,13H,11-12,14-15,28H2,1-2H3,(H,29,33)(H,30,34). The number of aromatic nitrogens is 1. The Morgan fingerprint density at radius 3 is 2.37 bits per heavy atom. The van der Waals surface area contributed by atoms with E-state index in [1.54, 1.807) is 0 Å². The van der Waals surface area contributed by atoms with Crippen LogP contribution in [0.3, 0.4) is 0 Å². The van der Waals surface area contributed by atoms with Crippen molar-refractivity contribution in [3.05, 3.63) is 81.9 Å². The van der Waals surface area contributed by atoms with Gasteiger partial charge in [0.25, 0.3) is 5.91 Å². The predicted octanol–water partition coefficient (Wildman–Crippen LogP) is 4.74. The number of carbonyl (C=O) groups excluding carboxylic acids is 2. The van der Waals surface area contributed by atoms with Crippen LogP contribution in [-0.4, -0.2) is 34.8 Å². The van der Waals surface area contributed by atoms with E-state index in [2.05, 4.69) is 15.5 Å². The first-order valence-electron chi connectivity index (χ1n) is 11.5. The third-order valence-electron chi connectivity index (χ3n) is 6.33. The van der Waals surface area contributed by atoms with Crippen molar-refractivity contribution in [1.29, 1.82) is 0 Å². The molecule has 0 radical (unpaired) electrons. The fourth-order valence-electron chi connectivity index (χ4n) is 4.36. The SMILES string of the molecule is Cc1ccccc1NC(=O)CN1CCc2nc3sc(C(=O)Nc4ccccc4C)c(N)c3cc2C1. The third kappa shape index (κ3) is 4.76. The zero-order valence-corrected chi connectivity index (χ0v) is 20.5. The van der Waals surface area contributed by atoms with Crippen LogP contribution in [-0.2, 0) is 17.8 Å². The van der Waals surface area contributed by atoms with E-state index in [0.717, 1.165) is 56.9 Å². The summed E-state index contributed by atoms with van der Waals surface area (Å²) in [5.74, 6) is -0.269. The van der Waals surface area contributed by atoms with Crippen LogP contribution in [0, 0.1) is 13.8 Å². The molecule has 0 saturated heterocycles. The molecular weight excluding hydrogens is 458 g/mol. The number of rotatable bonds is 5. The summed E-state index contributed by atoms with van der Waals surface area (Å²) in [6.07, 6.45) is 0.742. The molecule has 35 heavy (non-hydrogen) atoms. The van der Waals surface area contributed by atoms with Gasteiger partial charge in [0.05, 0.1) is 12.2 Å². The number of nitrogens with two attached hydrogens (primary N) is 1. The van der Waals surface area contributed by atoms with Crippen molar-refractivity contribution >= 4 is 50.4 Å². The lowest BCUT2D eigenvalue weighted by atomic mass is 10.0. The van der Waals surface area contributed by atoms with Crippen molar-refractivity contribution in [3.63, 3.8) is 0 Å². The molecule has 0 aliphatic carbocycles. The lowest BCUT2D eigenvalue weighted by Crippen LogP contribution is -2.37. The Morgan fingerprint density at radius 2 is 1.69 bits per heavy atom. The quantitative estimate of drug-likeness (QED) is 0.379. The van der Waals surface area contributed by atoms with Crippen LogP contribution in [0.25, 0.3) is 10.2 Å². The molecule has 4 aromatic rings. The maximum absolute atomic E-state index is 13.0. The summed E-state index contributed by atoms with van der Waals surface area (Å²) in [5, 5.41) is 6.75. The van der Waals surface area contributed by atoms with Crippen molar-refractivity contribution in [2.24, 2.45) is 0 Å². The Kier molecular flexibility index (Phi) is 6.23. The minimum atomic E-state index is -0.229. The van der Waals surface area contributed by atoms with E-state index >= 15 is 0 Å². The fraction of sp³-hybridized carbons (Fsp3) is 0.222. The average Bonchev–Trinajstić information content (AvgIpc) is 3.16. The predicted molar refractivity (Wildman–Crippen MR) is 142 cm³/mol. The molecule has 0 bridgehead atoms. The molecule has 3 heterocycles. The van der Waals surface area contributed by atoms with Crippen LogP contribution in [0.2, 0.25) is 0 Å². The van der Waals surface area contributed by atoms with Crippen molar-refractivity contribution in [3.8, 4) is 0 Å². The van der Waals surface area contributed by atoms with Gasteiger partial charge in [-0.1, -0.05) is 36.4 Å². The molecule has 0 unspecified atom stereocenters. The Hall–Kier alpha value is -3.75. The number of benzene rings is 2. The average molecular weight is 486 g/mol. The Labute approximate surface area is 208 Å². The van der Waals surface area contributed by atoms with Gasteiger partial charge in [-0.2, -0.15) is 0 Å². The summed E-state index contributed by atoms with van der Waals surface area (Å²) in [6, 6.07) is 17.4. The molecule has 1 aliphatic heterocycles. The third-order valence-corrected chi connectivity index (χ3v) is 7.45. The zero-order chi connectivity index (χ0) is 24.5. The van der Waals surface area contributed by atoms with Crippen LogP contribution in [0.4, 0.5) is 17.1 Å². The van der Waals surface area contributed by atoms with E-state index in [0.29, 0.717) is 23.7 Å². The summed E-state index contributed by atoms with van der Waals surface area (Å²) >= 11 is 1.32. The molecule has 0 spiro atoms. The number of aryl methyl sites for hydroxylation is 2. The van der Waals surface area contributed by atoms with Gasteiger partial charge in [0.1, 0.15) is 9.71 Å². The highest BCUT2D eigenvalue weighted by molar-refractivity contribution is 7.21. The zero-order valence-electron chi connectivity index (χ0n) is 19.7. The van der Waals surface area contributed by atoms with Crippen LogP contribution >= 0.6 is 11.3 Å². The number of fused-ring (bicyclic) bond motifs is 2. The summed E-state index contributed by atoms with van der Waals surface area (Å²) in [5.41, 5.74) is 12.5. The molecule has 0 atom stereocenters. The number of hydrogen-bond donors (Lipinski definition) is 3. The molecular formula is C27H27N5O2S. The van der Waals surface area contributed by atoms with Gasteiger partial charge in [-0.15, -0.1) is 11.3 Å². The minimum Gasteiger partial charge on any atom is -0.397 e. The number of nitrogens with one attached hydrogen (secondary N) is 2. The maximum Gasteiger partial charge on any atom is 0.267 e. The molecule has 2 amide bonds. The Bertz CT molecular complexity index is 1450. The van der Waals surface area contributed by atoms with Gasteiger partial charge in [0.15, 0.2) is 0 Å². The number of nitrogens with zero attached hydrogens (tertiary/aromatic N) is 2. The van der Waals surface area contributed by atoms with Crippen LogP contribution in [0.5, 0.6) is 0 Å². The van der Waals surface area contributed by atoms with E-state index in [4.69, 9.17) is 10.7 Å². The summed E-state index contributed by atoms with van der Waals surface area (Å²) in [6.45, 7) is 5.58. The molecule has 178 valence electrons. The minimum absolute atomic E-state index is 0.0398. The monoisotopic (exact) mass is 485 g/mol. The number of hydrogen-bond acceptors (Lipinski definition) is 6. The largest absolute Gasteiger partial charge is 0.397 e. The van der Waals surface area contributed by atoms with Gasteiger partial charge in [-0.25, -0.2) is 4.98 Å². The lowest BCUT2D eigenvalue weighted by Gasteiger charge is -2.27. The van der Waals surface area contributed by atoms with Gasteiger partial charge in [0.2, 0.25) is 5.91 Å². The number of pyridine rings is 1. The number of thiophene rings is 1. The van der Waals surface area contributed by atoms with Gasteiger partial charge in [-0.3, -0.25) is 14.5 Å². The van der Waals surface area contributed by atoms with Crippen LogP contribution in [0.1, 0.15) is 32.1 Å². The fourth-order valence-corrected chi connectivity index (χ4v) is 5.35. The number of amides is 2. The van der Waals surface area contributed by atoms with E-state index < -0.39 is 0 Å². The molecule has 2 aromatic carbocycles. The topological polar surface area (TPSA) is 100 Å². The van der Waals surface area contributed by atoms with Crippen LogP contribution in [0.15, 0.2) is 54.6 Å². The molecule has 0 saturated carbocycles. The first-order chi connectivity index (χ1) is 16.9. The highest BCUT2D eigenvalue weighted by Gasteiger charge is 2.24. The molecule has 7 nitrogen and oxygen atoms in total. The second kappa shape index (κ2) is 9.48. The van der Waals surface area contributed by atoms with E-state index in [9.17, 15) is 9.59 Å². The van der Waals surface area contributed by atoms with Gasteiger partial charge < -0.3 is 16.4 Å². The smallest absolute Gasteiger partial charge is 0.267 e. The molecule has 5 rings (SSSR count). The van der Waals surface area contributed by atoms with Gasteiger partial charge in [-0.05, 0) is 48.7 Å². The van der Waals surface area contributed by atoms with E-state index in [-0.39, 0.29) is 11.8 Å². The highest BCUT2D eigenvalue weighted by Crippen LogP contribution is 2.35. The number of carbonyl (C=O) groups is 2. The summed E-state index contributed by atoms with van der Waals surface area (Å²) < 4.78 is 0. The van der Waals surface area contributed by atoms with E-state index in [1.165, 1.54) is 11.3 Å².